The van der Waals surface area contributed by atoms with Crippen LogP contribution in [0.15, 0.2) is 18.2 Å². The molecule has 1 spiro atoms. The number of nitrogens with one attached hydrogen (secondary N) is 2. The molecule has 0 saturated heterocycles. The van der Waals surface area contributed by atoms with E-state index in [1.807, 2.05) is 6.07 Å². The van der Waals surface area contributed by atoms with Gasteiger partial charge in [0.25, 0.3) is 0 Å². The fourth-order valence-corrected chi connectivity index (χ4v) is 2.86. The molecular weight excluding hydrogens is 224 g/mol. The van der Waals surface area contributed by atoms with Crippen molar-refractivity contribution in [1.29, 1.82) is 0 Å². The van der Waals surface area contributed by atoms with Crippen LogP contribution in [0, 0.1) is 5.41 Å². The third-order valence-electron chi connectivity index (χ3n) is 4.10. The lowest BCUT2D eigenvalue weighted by Gasteiger charge is -2.41. The van der Waals surface area contributed by atoms with Gasteiger partial charge in [0.1, 0.15) is 11.4 Å². The molecular formula is C15H22N2O. The van der Waals surface area contributed by atoms with E-state index in [9.17, 15) is 0 Å². The van der Waals surface area contributed by atoms with Crippen molar-refractivity contribution >= 4 is 11.4 Å². The highest BCUT2D eigenvalue weighted by Crippen LogP contribution is 2.45. The van der Waals surface area contributed by atoms with E-state index in [2.05, 4.69) is 36.6 Å². The molecule has 2 aliphatic rings. The molecule has 3 rings (SSSR count). The summed E-state index contributed by atoms with van der Waals surface area (Å²) >= 11 is 0. The van der Waals surface area contributed by atoms with E-state index < -0.39 is 0 Å². The molecule has 3 heteroatoms. The highest BCUT2D eigenvalue weighted by Gasteiger charge is 2.38. The van der Waals surface area contributed by atoms with Crippen LogP contribution in [0.5, 0.6) is 5.75 Å². The van der Waals surface area contributed by atoms with Crippen LogP contribution in [0.1, 0.15) is 33.1 Å². The molecule has 2 N–H and O–H groups in total. The first-order valence-corrected chi connectivity index (χ1v) is 6.96. The van der Waals surface area contributed by atoms with Gasteiger partial charge in [0, 0.05) is 18.5 Å². The van der Waals surface area contributed by atoms with Gasteiger partial charge in [0.15, 0.2) is 0 Å². The van der Waals surface area contributed by atoms with Crippen LogP contribution < -0.4 is 15.4 Å². The van der Waals surface area contributed by atoms with Crippen molar-refractivity contribution < 1.29 is 4.74 Å². The van der Waals surface area contributed by atoms with Crippen molar-refractivity contribution in [3.63, 3.8) is 0 Å². The van der Waals surface area contributed by atoms with Gasteiger partial charge in [-0.15, -0.1) is 0 Å². The molecule has 18 heavy (non-hydrogen) atoms. The average Bonchev–Trinajstić information content (AvgIpc) is 2.48. The lowest BCUT2D eigenvalue weighted by atomic mass is 9.69. The third-order valence-corrected chi connectivity index (χ3v) is 4.10. The van der Waals surface area contributed by atoms with E-state index in [1.165, 1.54) is 24.9 Å². The lowest BCUT2D eigenvalue weighted by Crippen LogP contribution is -2.40. The summed E-state index contributed by atoms with van der Waals surface area (Å²) in [7, 11) is 0. The Hall–Kier alpha value is -1.38. The van der Waals surface area contributed by atoms with Crippen LogP contribution in [0.4, 0.5) is 11.4 Å². The Kier molecular flexibility index (Phi) is 2.84. The Bertz CT molecular complexity index is 438. The predicted molar refractivity (Wildman–Crippen MR) is 75.5 cm³/mol. The number of benzene rings is 1. The second-order valence-electron chi connectivity index (χ2n) is 5.91. The largest absolute Gasteiger partial charge is 0.489 e. The van der Waals surface area contributed by atoms with Crippen molar-refractivity contribution in [2.45, 2.75) is 39.2 Å². The van der Waals surface area contributed by atoms with E-state index in [1.54, 1.807) is 0 Å². The van der Waals surface area contributed by atoms with Gasteiger partial charge in [0.2, 0.25) is 0 Å². The summed E-state index contributed by atoms with van der Waals surface area (Å²) in [6.07, 6.45) is 4.25. The molecule has 1 aliphatic carbocycles. The van der Waals surface area contributed by atoms with Crippen LogP contribution in [0.25, 0.3) is 0 Å². The number of hydrogen-bond acceptors (Lipinski definition) is 3. The van der Waals surface area contributed by atoms with E-state index in [4.69, 9.17) is 4.74 Å². The summed E-state index contributed by atoms with van der Waals surface area (Å²) in [5.41, 5.74) is 2.78. The molecule has 1 aliphatic heterocycles. The van der Waals surface area contributed by atoms with E-state index in [-0.39, 0.29) is 6.10 Å². The normalized spacial score (nSPS) is 20.4. The topological polar surface area (TPSA) is 33.3 Å². The maximum atomic E-state index is 5.89. The minimum Gasteiger partial charge on any atom is -0.489 e. The Balaban J connectivity index is 1.86. The maximum absolute atomic E-state index is 5.89. The fourth-order valence-electron chi connectivity index (χ4n) is 2.86. The van der Waals surface area contributed by atoms with Crippen LogP contribution in [0.2, 0.25) is 0 Å². The average molecular weight is 246 g/mol. The van der Waals surface area contributed by atoms with E-state index in [0.717, 1.165) is 24.5 Å². The van der Waals surface area contributed by atoms with Gasteiger partial charge in [-0.25, -0.2) is 0 Å². The molecule has 1 aromatic rings. The second-order valence-corrected chi connectivity index (χ2v) is 5.91. The maximum Gasteiger partial charge on any atom is 0.144 e. The minimum atomic E-state index is 0.208. The SMILES string of the molecule is CC(C)Oc1cccc2c1NCC1(CCC1)CN2. The first kappa shape index (κ1) is 11.7. The molecule has 0 aromatic heterocycles. The van der Waals surface area contributed by atoms with Gasteiger partial charge in [-0.1, -0.05) is 12.5 Å². The van der Waals surface area contributed by atoms with Crippen molar-refractivity contribution in [2.75, 3.05) is 23.7 Å². The number of anilines is 2. The van der Waals surface area contributed by atoms with Crippen LogP contribution in [0.3, 0.4) is 0 Å². The zero-order chi connectivity index (χ0) is 12.6. The molecule has 0 bridgehead atoms. The fraction of sp³-hybridized carbons (Fsp3) is 0.600. The van der Waals surface area contributed by atoms with Gasteiger partial charge in [-0.2, -0.15) is 0 Å². The summed E-state index contributed by atoms with van der Waals surface area (Å²) in [6, 6.07) is 6.24. The summed E-state index contributed by atoms with van der Waals surface area (Å²) in [5, 5.41) is 7.19. The Morgan fingerprint density at radius 1 is 1.17 bits per heavy atom. The number of para-hydroxylation sites is 1. The smallest absolute Gasteiger partial charge is 0.144 e. The summed E-state index contributed by atoms with van der Waals surface area (Å²) in [5.74, 6) is 0.964. The molecule has 0 atom stereocenters. The van der Waals surface area contributed by atoms with Crippen LogP contribution in [-0.2, 0) is 0 Å². The quantitative estimate of drug-likeness (QED) is 0.838. The molecule has 1 heterocycles. The van der Waals surface area contributed by atoms with Crippen molar-refractivity contribution in [3.05, 3.63) is 18.2 Å². The van der Waals surface area contributed by atoms with E-state index >= 15 is 0 Å². The molecule has 1 saturated carbocycles. The Morgan fingerprint density at radius 2 is 1.94 bits per heavy atom. The molecule has 1 fully saturated rings. The van der Waals surface area contributed by atoms with Crippen molar-refractivity contribution in [2.24, 2.45) is 5.41 Å². The van der Waals surface area contributed by atoms with Gasteiger partial charge < -0.3 is 15.4 Å². The summed E-state index contributed by atoms with van der Waals surface area (Å²) < 4.78 is 5.89. The summed E-state index contributed by atoms with van der Waals surface area (Å²) in [6.45, 7) is 6.28. The van der Waals surface area contributed by atoms with Gasteiger partial charge in [0.05, 0.1) is 11.8 Å². The second kappa shape index (κ2) is 4.38. The highest BCUT2D eigenvalue weighted by atomic mass is 16.5. The number of hydrogen-bond donors (Lipinski definition) is 2. The molecule has 1 aromatic carbocycles. The molecule has 3 nitrogen and oxygen atoms in total. The zero-order valence-electron chi connectivity index (χ0n) is 11.3. The van der Waals surface area contributed by atoms with Crippen molar-refractivity contribution in [1.82, 2.24) is 0 Å². The van der Waals surface area contributed by atoms with Gasteiger partial charge in [-0.3, -0.25) is 0 Å². The number of ether oxygens (including phenoxy) is 1. The molecule has 98 valence electrons. The molecule has 0 radical (unpaired) electrons. The standard InChI is InChI=1S/C15H22N2O/c1-11(2)18-13-6-3-5-12-14(13)17-10-15(9-16-12)7-4-8-15/h3,5-6,11,16-17H,4,7-10H2,1-2H3. The van der Waals surface area contributed by atoms with Crippen LogP contribution in [-0.4, -0.2) is 19.2 Å². The number of fused-ring (bicyclic) bond motifs is 1. The minimum absolute atomic E-state index is 0.208. The third kappa shape index (κ3) is 2.02. The highest BCUT2D eigenvalue weighted by molar-refractivity contribution is 5.76. The van der Waals surface area contributed by atoms with Crippen LogP contribution >= 0.6 is 0 Å². The predicted octanol–water partition coefficient (Wildman–Crippen LogP) is 3.48. The number of rotatable bonds is 2. The molecule has 0 unspecified atom stereocenters. The monoisotopic (exact) mass is 246 g/mol. The summed E-state index contributed by atoms with van der Waals surface area (Å²) in [4.78, 5) is 0. The molecule has 0 amide bonds. The van der Waals surface area contributed by atoms with Gasteiger partial charge >= 0.3 is 0 Å². The van der Waals surface area contributed by atoms with Gasteiger partial charge in [-0.05, 0) is 38.8 Å². The Morgan fingerprint density at radius 3 is 2.61 bits per heavy atom. The zero-order valence-corrected chi connectivity index (χ0v) is 11.3. The first-order valence-electron chi connectivity index (χ1n) is 6.96. The first-order chi connectivity index (χ1) is 8.69. The Labute approximate surface area is 109 Å². The van der Waals surface area contributed by atoms with Crippen molar-refractivity contribution in [3.8, 4) is 5.75 Å². The lowest BCUT2D eigenvalue weighted by molar-refractivity contribution is 0.171. The van der Waals surface area contributed by atoms with E-state index in [0.29, 0.717) is 5.41 Å².